The highest BCUT2D eigenvalue weighted by Crippen LogP contribution is 2.36. The number of likely N-dealkylation sites (tertiary alicyclic amines) is 1. The van der Waals surface area contributed by atoms with E-state index in [4.69, 9.17) is 4.99 Å². The summed E-state index contributed by atoms with van der Waals surface area (Å²) < 4.78 is 1.53. The Labute approximate surface area is 200 Å². The maximum absolute atomic E-state index is 11.0. The number of aromatic nitrogens is 1. The Kier molecular flexibility index (Phi) is 6.25. The van der Waals surface area contributed by atoms with E-state index in [9.17, 15) is 5.11 Å². The van der Waals surface area contributed by atoms with E-state index in [2.05, 4.69) is 55.0 Å². The number of piperidine rings is 1. The quantitative estimate of drug-likeness (QED) is 0.266. The molecule has 2 heterocycles. The number of aryl methyl sites for hydroxylation is 1. The number of rotatable bonds is 5. The Balaban J connectivity index is 1.57. The number of benzene rings is 3. The second-order valence-corrected chi connectivity index (χ2v) is 9.26. The van der Waals surface area contributed by atoms with Crippen molar-refractivity contribution in [2.24, 2.45) is 4.99 Å². The minimum atomic E-state index is 0.100. The van der Waals surface area contributed by atoms with Crippen LogP contribution in [0.25, 0.3) is 10.9 Å². The van der Waals surface area contributed by atoms with Crippen molar-refractivity contribution in [2.45, 2.75) is 32.7 Å². The maximum Gasteiger partial charge on any atom is 0.212 e. The second kappa shape index (κ2) is 9.46. The monoisotopic (exact) mass is 455 g/mol. The lowest BCUT2D eigenvalue weighted by atomic mass is 10.00. The van der Waals surface area contributed by atoms with Crippen LogP contribution in [0.2, 0.25) is 0 Å². The van der Waals surface area contributed by atoms with Crippen LogP contribution in [0, 0.1) is 6.92 Å². The first-order chi connectivity index (χ1) is 16.1. The first-order valence-electron chi connectivity index (χ1n) is 11.6. The fraction of sp³-hybridized carbons (Fsp3) is 0.250. The second-order valence-electron chi connectivity index (χ2n) is 8.86. The largest absolute Gasteiger partial charge is 0.493 e. The number of hydrogen-bond acceptors (Lipinski definition) is 4. The van der Waals surface area contributed by atoms with Crippen molar-refractivity contribution in [2.75, 3.05) is 13.1 Å². The lowest BCUT2D eigenvalue weighted by Crippen LogP contribution is -2.28. The van der Waals surface area contributed by atoms with Crippen LogP contribution < -0.4 is 0 Å². The fourth-order valence-corrected chi connectivity index (χ4v) is 4.92. The molecular weight excluding hydrogens is 426 g/mol. The predicted octanol–water partition coefficient (Wildman–Crippen LogP) is 6.50. The lowest BCUT2D eigenvalue weighted by Gasteiger charge is -2.26. The third kappa shape index (κ3) is 4.56. The van der Waals surface area contributed by atoms with E-state index in [1.807, 2.05) is 42.5 Å². The van der Waals surface area contributed by atoms with Crippen LogP contribution >= 0.6 is 12.8 Å². The summed E-state index contributed by atoms with van der Waals surface area (Å²) in [6, 6.07) is 24.6. The average Bonchev–Trinajstić information content (AvgIpc) is 3.09. The minimum absolute atomic E-state index is 0.100. The van der Waals surface area contributed by atoms with Gasteiger partial charge in [0.15, 0.2) is 0 Å². The molecule has 0 bridgehead atoms. The van der Waals surface area contributed by atoms with E-state index >= 15 is 0 Å². The summed E-state index contributed by atoms with van der Waals surface area (Å²) in [5.74, 6) is 0.100. The maximum atomic E-state index is 11.0. The third-order valence-electron chi connectivity index (χ3n) is 6.39. The molecule has 4 aromatic rings. The van der Waals surface area contributed by atoms with E-state index in [1.165, 1.54) is 41.9 Å². The summed E-state index contributed by atoms with van der Waals surface area (Å²) in [6.07, 6.45) is 3.94. The van der Waals surface area contributed by atoms with E-state index in [1.54, 1.807) is 0 Å². The van der Waals surface area contributed by atoms with Gasteiger partial charge in [-0.2, -0.15) is 0 Å². The Hall–Kier alpha value is -3.02. The standard InChI is InChI=1S/C28H29N3OS/c1-20-10-15-25-24(18-20)26(28(32)31(25)33)27(22-8-4-2-5-9-22)29-23-13-11-21(12-14-23)19-30-16-6-3-7-17-30/h2,4-5,8-15,18,32-33H,3,6-7,16-17,19H2,1H3. The first kappa shape index (κ1) is 21.8. The summed E-state index contributed by atoms with van der Waals surface area (Å²) in [6.45, 7) is 5.41. The highest BCUT2D eigenvalue weighted by Gasteiger charge is 2.21. The molecule has 1 saturated heterocycles. The topological polar surface area (TPSA) is 40.8 Å². The zero-order valence-corrected chi connectivity index (χ0v) is 19.8. The molecule has 0 saturated carbocycles. The van der Waals surface area contributed by atoms with Crippen molar-refractivity contribution in [1.29, 1.82) is 0 Å². The normalized spacial score (nSPS) is 15.3. The van der Waals surface area contributed by atoms with Crippen molar-refractivity contribution < 1.29 is 5.11 Å². The van der Waals surface area contributed by atoms with E-state index in [0.29, 0.717) is 5.56 Å². The molecule has 0 radical (unpaired) electrons. The molecule has 0 atom stereocenters. The van der Waals surface area contributed by atoms with Crippen LogP contribution in [0.1, 0.15) is 41.5 Å². The van der Waals surface area contributed by atoms with E-state index < -0.39 is 0 Å². The lowest BCUT2D eigenvalue weighted by molar-refractivity contribution is 0.221. The molecule has 168 valence electrons. The molecule has 4 nitrogen and oxygen atoms in total. The first-order valence-corrected chi connectivity index (χ1v) is 12.0. The predicted molar refractivity (Wildman–Crippen MR) is 140 cm³/mol. The zero-order chi connectivity index (χ0) is 22.8. The van der Waals surface area contributed by atoms with Crippen molar-refractivity contribution >= 4 is 35.1 Å². The summed E-state index contributed by atoms with van der Waals surface area (Å²) in [5.41, 5.74) is 6.54. The van der Waals surface area contributed by atoms with Crippen molar-refractivity contribution in [3.8, 4) is 5.88 Å². The molecule has 5 heteroatoms. The molecule has 0 unspecified atom stereocenters. The van der Waals surface area contributed by atoms with Crippen molar-refractivity contribution in [3.05, 3.63) is 95.1 Å². The van der Waals surface area contributed by atoms with Gasteiger partial charge in [-0.15, -0.1) is 0 Å². The molecule has 3 aromatic carbocycles. The Morgan fingerprint density at radius 1 is 0.939 bits per heavy atom. The van der Waals surface area contributed by atoms with Crippen LogP contribution in [0.15, 0.2) is 77.8 Å². The molecule has 1 aromatic heterocycles. The molecule has 5 rings (SSSR count). The van der Waals surface area contributed by atoms with Gasteiger partial charge in [0.05, 0.1) is 22.5 Å². The van der Waals surface area contributed by atoms with Gasteiger partial charge in [0, 0.05) is 17.5 Å². The van der Waals surface area contributed by atoms with Gasteiger partial charge < -0.3 is 5.11 Å². The minimum Gasteiger partial charge on any atom is -0.493 e. The van der Waals surface area contributed by atoms with Crippen LogP contribution in [0.3, 0.4) is 0 Å². The summed E-state index contributed by atoms with van der Waals surface area (Å²) in [7, 11) is 0. The highest BCUT2D eigenvalue weighted by atomic mass is 32.1. The molecule has 1 aliphatic heterocycles. The van der Waals surface area contributed by atoms with Crippen LogP contribution in [-0.4, -0.2) is 32.8 Å². The Bertz CT molecular complexity index is 1290. The number of hydrogen-bond donors (Lipinski definition) is 2. The van der Waals surface area contributed by atoms with Crippen LogP contribution in [0.5, 0.6) is 5.88 Å². The van der Waals surface area contributed by atoms with Crippen LogP contribution in [0.4, 0.5) is 5.69 Å². The molecule has 1 N–H and O–H groups in total. The highest BCUT2D eigenvalue weighted by molar-refractivity contribution is 7.78. The Morgan fingerprint density at radius 3 is 2.39 bits per heavy atom. The van der Waals surface area contributed by atoms with Crippen molar-refractivity contribution in [1.82, 2.24) is 8.87 Å². The van der Waals surface area contributed by atoms with Gasteiger partial charge in [-0.25, -0.2) is 4.99 Å². The van der Waals surface area contributed by atoms with E-state index in [0.717, 1.165) is 40.0 Å². The number of fused-ring (bicyclic) bond motifs is 1. The van der Waals surface area contributed by atoms with Crippen LogP contribution in [-0.2, 0) is 6.54 Å². The van der Waals surface area contributed by atoms with Gasteiger partial charge in [0.2, 0.25) is 5.88 Å². The molecule has 0 amide bonds. The molecular formula is C28H29N3OS. The van der Waals surface area contributed by atoms with Gasteiger partial charge >= 0.3 is 0 Å². The molecule has 1 fully saturated rings. The number of aromatic hydroxyl groups is 1. The number of aliphatic imine (C=N–C) groups is 1. The van der Waals surface area contributed by atoms with E-state index in [-0.39, 0.29) is 5.88 Å². The molecule has 1 aliphatic rings. The number of nitrogens with zero attached hydrogens (tertiary/aromatic N) is 3. The molecule has 0 spiro atoms. The third-order valence-corrected chi connectivity index (χ3v) is 6.79. The SMILES string of the molecule is Cc1ccc2c(c1)c(C(=Nc1ccc(CN3CCCCC3)cc1)c1ccccc1)c(O)n2S. The molecule has 0 aliphatic carbocycles. The summed E-state index contributed by atoms with van der Waals surface area (Å²) in [4.78, 5) is 7.56. The van der Waals surface area contributed by atoms with Gasteiger partial charge in [0.25, 0.3) is 0 Å². The fourth-order valence-electron chi connectivity index (χ4n) is 4.65. The summed E-state index contributed by atoms with van der Waals surface area (Å²) >= 11 is 4.54. The van der Waals surface area contributed by atoms with Gasteiger partial charge in [-0.1, -0.05) is 73.3 Å². The van der Waals surface area contributed by atoms with Gasteiger partial charge in [0.1, 0.15) is 0 Å². The summed E-state index contributed by atoms with van der Waals surface area (Å²) in [5, 5.41) is 12.0. The Morgan fingerprint density at radius 2 is 1.67 bits per heavy atom. The van der Waals surface area contributed by atoms with Gasteiger partial charge in [-0.3, -0.25) is 8.87 Å². The smallest absolute Gasteiger partial charge is 0.212 e. The number of thiol groups is 1. The average molecular weight is 456 g/mol. The van der Waals surface area contributed by atoms with Crippen molar-refractivity contribution in [3.63, 3.8) is 0 Å². The molecule has 33 heavy (non-hydrogen) atoms. The van der Waals surface area contributed by atoms with Gasteiger partial charge in [-0.05, 0) is 62.7 Å². The zero-order valence-electron chi connectivity index (χ0n) is 18.9.